The molecular formula is C16H24N4O2S. The molecule has 0 saturated carbocycles. The summed E-state index contributed by atoms with van der Waals surface area (Å²) in [5.41, 5.74) is 0.837. The van der Waals surface area contributed by atoms with Gasteiger partial charge in [0.1, 0.15) is 5.69 Å². The Bertz CT molecular complexity index is 714. The first-order valence-electron chi connectivity index (χ1n) is 8.18. The summed E-state index contributed by atoms with van der Waals surface area (Å²) in [7, 11) is 0. The normalized spacial score (nSPS) is 11.1. The van der Waals surface area contributed by atoms with E-state index >= 15 is 0 Å². The zero-order valence-electron chi connectivity index (χ0n) is 14.0. The molecule has 0 aliphatic heterocycles. The quantitative estimate of drug-likeness (QED) is 0.742. The van der Waals surface area contributed by atoms with E-state index in [1.54, 1.807) is 11.4 Å². The minimum atomic E-state index is -0.308. The fourth-order valence-electron chi connectivity index (χ4n) is 2.33. The Morgan fingerprint density at radius 2 is 1.91 bits per heavy atom. The summed E-state index contributed by atoms with van der Waals surface area (Å²) in [5, 5.41) is 6.12. The van der Waals surface area contributed by atoms with Gasteiger partial charge in [0.15, 0.2) is 0 Å². The van der Waals surface area contributed by atoms with Gasteiger partial charge < -0.3 is 4.90 Å². The Kier molecular flexibility index (Phi) is 6.27. The Morgan fingerprint density at radius 3 is 2.52 bits per heavy atom. The molecule has 0 aromatic carbocycles. The molecule has 0 atom stereocenters. The first kappa shape index (κ1) is 17.6. The van der Waals surface area contributed by atoms with Crippen molar-refractivity contribution in [2.75, 3.05) is 13.1 Å². The maximum atomic E-state index is 12.6. The molecule has 0 N–H and O–H groups in total. The van der Waals surface area contributed by atoms with Crippen LogP contribution in [-0.2, 0) is 11.2 Å². The van der Waals surface area contributed by atoms with E-state index in [2.05, 4.69) is 23.9 Å². The highest BCUT2D eigenvalue weighted by Crippen LogP contribution is 2.14. The highest BCUT2D eigenvalue weighted by Gasteiger charge is 2.16. The number of carbonyl (C=O) groups is 1. The molecule has 1 amide bonds. The summed E-state index contributed by atoms with van der Waals surface area (Å²) in [4.78, 5) is 30.6. The minimum Gasteiger partial charge on any atom is -0.342 e. The number of fused-ring (bicyclic) bond motifs is 1. The maximum absolute atomic E-state index is 12.6. The number of unbranched alkanes of at least 4 members (excludes halogenated alkanes) is 2. The van der Waals surface area contributed by atoms with E-state index in [1.807, 2.05) is 10.3 Å². The van der Waals surface area contributed by atoms with Gasteiger partial charge >= 0.3 is 0 Å². The third kappa shape index (κ3) is 4.37. The fraction of sp³-hybridized carbons (Fsp3) is 0.625. The zero-order valence-corrected chi connectivity index (χ0v) is 14.9. The third-order valence-electron chi connectivity index (χ3n) is 3.76. The highest BCUT2D eigenvalue weighted by molar-refractivity contribution is 7.15. The topological polar surface area (TPSA) is 67.6 Å². The lowest BCUT2D eigenvalue weighted by Gasteiger charge is -2.22. The molecule has 0 aliphatic carbocycles. The Labute approximate surface area is 140 Å². The van der Waals surface area contributed by atoms with Crippen molar-refractivity contribution in [1.29, 1.82) is 0 Å². The van der Waals surface area contributed by atoms with Crippen LogP contribution in [0.1, 0.15) is 50.9 Å². The summed E-state index contributed by atoms with van der Waals surface area (Å²) >= 11 is 1.34. The van der Waals surface area contributed by atoms with E-state index in [0.717, 1.165) is 44.5 Å². The van der Waals surface area contributed by atoms with Crippen molar-refractivity contribution in [3.63, 3.8) is 0 Å². The van der Waals surface area contributed by atoms with E-state index in [1.165, 1.54) is 11.3 Å². The van der Waals surface area contributed by atoms with Crippen molar-refractivity contribution in [2.24, 2.45) is 0 Å². The van der Waals surface area contributed by atoms with Crippen LogP contribution in [0.5, 0.6) is 0 Å². The summed E-state index contributed by atoms with van der Waals surface area (Å²) < 4.78 is 1.62. The Morgan fingerprint density at radius 1 is 1.26 bits per heavy atom. The molecule has 0 aliphatic rings. The molecule has 7 heteroatoms. The first-order valence-corrected chi connectivity index (χ1v) is 9.06. The second-order valence-corrected chi connectivity index (χ2v) is 6.53. The lowest BCUT2D eigenvalue weighted by Crippen LogP contribution is -2.34. The molecule has 23 heavy (non-hydrogen) atoms. The molecule has 2 rings (SSSR count). The van der Waals surface area contributed by atoms with Crippen molar-refractivity contribution in [3.05, 3.63) is 27.1 Å². The first-order chi connectivity index (χ1) is 11.1. The van der Waals surface area contributed by atoms with Gasteiger partial charge in [-0.15, -0.1) is 11.3 Å². The van der Waals surface area contributed by atoms with Crippen LogP contribution >= 0.6 is 11.3 Å². The molecule has 0 radical (unpaired) electrons. The van der Waals surface area contributed by atoms with Gasteiger partial charge in [-0.3, -0.25) is 9.59 Å². The van der Waals surface area contributed by atoms with Crippen molar-refractivity contribution in [2.45, 2.75) is 52.9 Å². The molecule has 126 valence electrons. The summed E-state index contributed by atoms with van der Waals surface area (Å²) in [6.07, 6.45) is 4.48. The second-order valence-electron chi connectivity index (χ2n) is 5.69. The van der Waals surface area contributed by atoms with Gasteiger partial charge in [-0.1, -0.05) is 26.7 Å². The number of thiazole rings is 1. The lowest BCUT2D eigenvalue weighted by molar-refractivity contribution is -0.130. The summed E-state index contributed by atoms with van der Waals surface area (Å²) in [6, 6.07) is 0. The minimum absolute atomic E-state index is 0.116. The van der Waals surface area contributed by atoms with Gasteiger partial charge in [-0.25, -0.2) is 4.52 Å². The molecule has 0 saturated heterocycles. The largest absolute Gasteiger partial charge is 0.342 e. The van der Waals surface area contributed by atoms with Gasteiger partial charge in [0.2, 0.25) is 10.9 Å². The van der Waals surface area contributed by atoms with Crippen LogP contribution < -0.4 is 5.56 Å². The average Bonchev–Trinajstić information content (AvgIpc) is 2.90. The molecule has 0 spiro atoms. The van der Waals surface area contributed by atoms with Gasteiger partial charge in [-0.05, 0) is 19.8 Å². The van der Waals surface area contributed by atoms with Crippen LogP contribution in [0.2, 0.25) is 0 Å². The second kappa shape index (κ2) is 8.19. The van der Waals surface area contributed by atoms with Crippen molar-refractivity contribution in [3.8, 4) is 0 Å². The number of aromatic nitrogens is 3. The molecule has 2 aromatic rings. The number of rotatable bonds is 8. The zero-order chi connectivity index (χ0) is 16.8. The fourth-order valence-corrected chi connectivity index (χ4v) is 3.15. The van der Waals surface area contributed by atoms with Crippen LogP contribution in [0.4, 0.5) is 0 Å². The summed E-state index contributed by atoms with van der Waals surface area (Å²) in [5.74, 6) is 0.116. The van der Waals surface area contributed by atoms with E-state index in [-0.39, 0.29) is 11.5 Å². The number of aryl methyl sites for hydroxylation is 1. The number of hydrogen-bond acceptors (Lipinski definition) is 5. The van der Waals surface area contributed by atoms with Crippen molar-refractivity contribution < 1.29 is 4.79 Å². The van der Waals surface area contributed by atoms with E-state index < -0.39 is 0 Å². The van der Waals surface area contributed by atoms with Crippen LogP contribution in [0.15, 0.2) is 10.2 Å². The number of amides is 1. The van der Waals surface area contributed by atoms with Crippen LogP contribution in [0.3, 0.4) is 0 Å². The Hall–Kier alpha value is -1.76. The van der Waals surface area contributed by atoms with Gasteiger partial charge in [-0.2, -0.15) is 10.1 Å². The smallest absolute Gasteiger partial charge is 0.295 e. The molecule has 0 unspecified atom stereocenters. The molecule has 0 fully saturated rings. The maximum Gasteiger partial charge on any atom is 0.295 e. The predicted molar refractivity (Wildman–Crippen MR) is 92.0 cm³/mol. The van der Waals surface area contributed by atoms with E-state index in [4.69, 9.17) is 0 Å². The van der Waals surface area contributed by atoms with Crippen LogP contribution in [0.25, 0.3) is 4.96 Å². The van der Waals surface area contributed by atoms with Crippen LogP contribution in [-0.4, -0.2) is 38.5 Å². The number of carbonyl (C=O) groups excluding carboxylic acids is 1. The average molecular weight is 336 g/mol. The van der Waals surface area contributed by atoms with Crippen molar-refractivity contribution >= 4 is 22.2 Å². The molecule has 2 heterocycles. The lowest BCUT2D eigenvalue weighted by atomic mass is 10.2. The molecule has 0 bridgehead atoms. The Balaban J connectivity index is 2.17. The van der Waals surface area contributed by atoms with E-state index in [9.17, 15) is 9.59 Å². The third-order valence-corrected chi connectivity index (χ3v) is 4.62. The standard InChI is InChI=1S/C16H24N4O2S/c1-4-6-8-19(9-7-5-2)14(21)10-13-11-23-16-17-15(22)12(3)18-20(13)16/h11H,4-10H2,1-3H3. The number of hydrogen-bond donors (Lipinski definition) is 0. The monoisotopic (exact) mass is 336 g/mol. The highest BCUT2D eigenvalue weighted by atomic mass is 32.1. The van der Waals surface area contributed by atoms with Gasteiger partial charge in [0.25, 0.3) is 5.56 Å². The van der Waals surface area contributed by atoms with Crippen LogP contribution in [0, 0.1) is 6.92 Å². The van der Waals surface area contributed by atoms with Gasteiger partial charge in [0, 0.05) is 18.5 Å². The summed E-state index contributed by atoms with van der Waals surface area (Å²) in [6.45, 7) is 7.50. The number of nitrogens with zero attached hydrogens (tertiary/aromatic N) is 4. The van der Waals surface area contributed by atoms with E-state index in [0.29, 0.717) is 17.1 Å². The molecule has 2 aromatic heterocycles. The SMILES string of the molecule is CCCCN(CCCC)C(=O)Cc1csc2nc(=O)c(C)nn12. The van der Waals surface area contributed by atoms with Gasteiger partial charge in [0.05, 0.1) is 12.1 Å². The predicted octanol–water partition coefficient (Wildman–Crippen LogP) is 2.43. The van der Waals surface area contributed by atoms with Crippen molar-refractivity contribution in [1.82, 2.24) is 19.5 Å². The molecular weight excluding hydrogens is 312 g/mol. The molecule has 6 nitrogen and oxygen atoms in total.